The molecule has 4 heteroatoms. The SMILES string of the molecule is C=C1c2ccccc2C(=O)N1CC(=O)N[C@@H](C)c1cc(C)ccc1C. The van der Waals surface area contributed by atoms with Gasteiger partial charge in [0.05, 0.1) is 6.04 Å². The number of nitrogens with zero attached hydrogens (tertiary/aromatic N) is 1. The molecule has 0 aromatic heterocycles. The molecule has 2 aromatic carbocycles. The second kappa shape index (κ2) is 6.55. The second-order valence-corrected chi connectivity index (χ2v) is 6.53. The minimum absolute atomic E-state index is 0.0262. The van der Waals surface area contributed by atoms with Crippen LogP contribution in [-0.4, -0.2) is 23.3 Å². The lowest BCUT2D eigenvalue weighted by Crippen LogP contribution is -2.38. The van der Waals surface area contributed by atoms with Crippen molar-refractivity contribution in [1.29, 1.82) is 0 Å². The van der Waals surface area contributed by atoms with Crippen LogP contribution in [0.5, 0.6) is 0 Å². The van der Waals surface area contributed by atoms with Gasteiger partial charge in [0.2, 0.25) is 5.91 Å². The lowest BCUT2D eigenvalue weighted by molar-refractivity contribution is -0.121. The van der Waals surface area contributed by atoms with Crippen molar-refractivity contribution in [3.05, 3.63) is 76.9 Å². The van der Waals surface area contributed by atoms with Crippen LogP contribution >= 0.6 is 0 Å². The molecule has 0 bridgehead atoms. The summed E-state index contributed by atoms with van der Waals surface area (Å²) < 4.78 is 0. The summed E-state index contributed by atoms with van der Waals surface area (Å²) >= 11 is 0. The smallest absolute Gasteiger partial charge is 0.259 e. The minimum Gasteiger partial charge on any atom is -0.348 e. The largest absolute Gasteiger partial charge is 0.348 e. The van der Waals surface area contributed by atoms with Crippen LogP contribution in [0, 0.1) is 13.8 Å². The number of aryl methyl sites for hydroxylation is 2. The monoisotopic (exact) mass is 334 g/mol. The predicted octanol–water partition coefficient (Wildman–Crippen LogP) is 3.61. The van der Waals surface area contributed by atoms with Crippen LogP contribution in [-0.2, 0) is 4.79 Å². The summed E-state index contributed by atoms with van der Waals surface area (Å²) in [6.07, 6.45) is 0. The average molecular weight is 334 g/mol. The molecule has 0 unspecified atom stereocenters. The number of carbonyl (C=O) groups excluding carboxylic acids is 2. The molecule has 0 aliphatic carbocycles. The van der Waals surface area contributed by atoms with Gasteiger partial charge in [-0.25, -0.2) is 0 Å². The summed E-state index contributed by atoms with van der Waals surface area (Å²) in [7, 11) is 0. The van der Waals surface area contributed by atoms with Crippen LogP contribution in [0.3, 0.4) is 0 Å². The third-order valence-corrected chi connectivity index (χ3v) is 4.62. The highest BCUT2D eigenvalue weighted by molar-refractivity contribution is 6.10. The van der Waals surface area contributed by atoms with Crippen molar-refractivity contribution in [1.82, 2.24) is 10.2 Å². The van der Waals surface area contributed by atoms with Crippen molar-refractivity contribution in [2.24, 2.45) is 0 Å². The van der Waals surface area contributed by atoms with Gasteiger partial charge in [0.1, 0.15) is 6.54 Å². The fraction of sp³-hybridized carbons (Fsp3) is 0.238. The molecule has 0 radical (unpaired) electrons. The highest BCUT2D eigenvalue weighted by Gasteiger charge is 2.32. The van der Waals surface area contributed by atoms with Gasteiger partial charge in [0, 0.05) is 16.8 Å². The molecular weight excluding hydrogens is 312 g/mol. The van der Waals surface area contributed by atoms with Crippen LogP contribution in [0.1, 0.15) is 45.6 Å². The maximum Gasteiger partial charge on any atom is 0.259 e. The molecule has 1 heterocycles. The van der Waals surface area contributed by atoms with E-state index in [0.717, 1.165) is 22.3 Å². The first kappa shape index (κ1) is 17.0. The Hall–Kier alpha value is -2.88. The lowest BCUT2D eigenvalue weighted by Gasteiger charge is -2.21. The van der Waals surface area contributed by atoms with Crippen LogP contribution in [0.2, 0.25) is 0 Å². The Bertz CT molecular complexity index is 835. The van der Waals surface area contributed by atoms with Gasteiger partial charge in [0.25, 0.3) is 5.91 Å². The first-order chi connectivity index (χ1) is 11.9. The van der Waals surface area contributed by atoms with E-state index < -0.39 is 0 Å². The molecule has 1 atom stereocenters. The number of benzene rings is 2. The molecule has 1 N–H and O–H groups in total. The maximum absolute atomic E-state index is 12.5. The number of carbonyl (C=O) groups is 2. The summed E-state index contributed by atoms with van der Waals surface area (Å²) in [6, 6.07) is 13.4. The Kier molecular flexibility index (Phi) is 4.45. The third-order valence-electron chi connectivity index (χ3n) is 4.62. The Balaban J connectivity index is 1.70. The van der Waals surface area contributed by atoms with Gasteiger partial charge in [-0.1, -0.05) is 48.5 Å². The van der Waals surface area contributed by atoms with Gasteiger partial charge >= 0.3 is 0 Å². The van der Waals surface area contributed by atoms with Gasteiger partial charge in [-0.2, -0.15) is 0 Å². The molecule has 0 saturated heterocycles. The molecule has 25 heavy (non-hydrogen) atoms. The van der Waals surface area contributed by atoms with E-state index in [9.17, 15) is 9.59 Å². The Morgan fingerprint density at radius 3 is 2.52 bits per heavy atom. The Morgan fingerprint density at radius 2 is 1.84 bits per heavy atom. The Labute approximate surface area is 148 Å². The van der Waals surface area contributed by atoms with Crippen molar-refractivity contribution in [3.63, 3.8) is 0 Å². The van der Waals surface area contributed by atoms with E-state index in [1.807, 2.05) is 39.0 Å². The number of amides is 2. The second-order valence-electron chi connectivity index (χ2n) is 6.53. The number of rotatable bonds is 4. The van der Waals surface area contributed by atoms with Gasteiger partial charge < -0.3 is 5.32 Å². The topological polar surface area (TPSA) is 49.4 Å². The van der Waals surface area contributed by atoms with E-state index in [0.29, 0.717) is 11.3 Å². The van der Waals surface area contributed by atoms with Crippen LogP contribution in [0.15, 0.2) is 49.0 Å². The van der Waals surface area contributed by atoms with Gasteiger partial charge in [-0.05, 0) is 38.0 Å². The summed E-state index contributed by atoms with van der Waals surface area (Å²) in [5, 5.41) is 2.99. The molecule has 0 spiro atoms. The molecule has 2 amide bonds. The molecule has 1 aliphatic heterocycles. The average Bonchev–Trinajstić information content (AvgIpc) is 2.82. The Morgan fingerprint density at radius 1 is 1.16 bits per heavy atom. The number of fused-ring (bicyclic) bond motifs is 1. The summed E-state index contributed by atoms with van der Waals surface area (Å²) in [5.41, 5.74) is 5.34. The van der Waals surface area contributed by atoms with Crippen LogP contribution in [0.4, 0.5) is 0 Å². The van der Waals surface area contributed by atoms with Crippen molar-refractivity contribution in [3.8, 4) is 0 Å². The number of hydrogen-bond acceptors (Lipinski definition) is 2. The fourth-order valence-corrected chi connectivity index (χ4v) is 3.24. The number of nitrogens with one attached hydrogen (secondary N) is 1. The number of hydrogen-bond donors (Lipinski definition) is 1. The van der Waals surface area contributed by atoms with E-state index in [1.165, 1.54) is 4.90 Å². The zero-order valence-electron chi connectivity index (χ0n) is 14.8. The lowest BCUT2D eigenvalue weighted by atomic mass is 10.00. The van der Waals surface area contributed by atoms with Crippen molar-refractivity contribution < 1.29 is 9.59 Å². The summed E-state index contributed by atoms with van der Waals surface area (Å²) in [4.78, 5) is 26.4. The van der Waals surface area contributed by atoms with E-state index in [4.69, 9.17) is 0 Å². The molecule has 128 valence electrons. The maximum atomic E-state index is 12.5. The highest BCUT2D eigenvalue weighted by Crippen LogP contribution is 2.30. The van der Waals surface area contributed by atoms with E-state index >= 15 is 0 Å². The zero-order chi connectivity index (χ0) is 18.1. The molecule has 2 aromatic rings. The van der Waals surface area contributed by atoms with Gasteiger partial charge in [-0.3, -0.25) is 14.5 Å². The predicted molar refractivity (Wildman–Crippen MR) is 99.0 cm³/mol. The molecule has 1 aliphatic rings. The van der Waals surface area contributed by atoms with Gasteiger partial charge in [0.15, 0.2) is 0 Å². The molecule has 0 fully saturated rings. The molecule has 0 saturated carbocycles. The van der Waals surface area contributed by atoms with E-state index in [1.54, 1.807) is 6.07 Å². The van der Waals surface area contributed by atoms with Crippen molar-refractivity contribution in [2.75, 3.05) is 6.54 Å². The normalized spacial score (nSPS) is 14.4. The summed E-state index contributed by atoms with van der Waals surface area (Å²) in [6.45, 7) is 9.95. The molecular formula is C21H22N2O2. The van der Waals surface area contributed by atoms with Crippen LogP contribution in [0.25, 0.3) is 5.70 Å². The van der Waals surface area contributed by atoms with Crippen molar-refractivity contribution >= 4 is 17.5 Å². The first-order valence-electron chi connectivity index (χ1n) is 8.35. The first-order valence-corrected chi connectivity index (χ1v) is 8.35. The van der Waals surface area contributed by atoms with Gasteiger partial charge in [-0.15, -0.1) is 0 Å². The highest BCUT2D eigenvalue weighted by atomic mass is 16.2. The quantitative estimate of drug-likeness (QED) is 0.928. The standard InChI is InChI=1S/C21H22N2O2/c1-13-9-10-14(2)19(11-13)15(3)22-20(24)12-23-16(4)17-7-5-6-8-18(17)21(23)25/h5-11,15H,4,12H2,1-3H3,(H,22,24)/t15-/m0/s1. The molecule has 4 nitrogen and oxygen atoms in total. The van der Waals surface area contributed by atoms with E-state index in [-0.39, 0.29) is 24.4 Å². The minimum atomic E-state index is -0.198. The third kappa shape index (κ3) is 3.20. The van der Waals surface area contributed by atoms with E-state index in [2.05, 4.69) is 30.1 Å². The fourth-order valence-electron chi connectivity index (χ4n) is 3.24. The van der Waals surface area contributed by atoms with Crippen molar-refractivity contribution in [2.45, 2.75) is 26.8 Å². The zero-order valence-corrected chi connectivity index (χ0v) is 14.8. The molecule has 3 rings (SSSR count). The summed E-state index contributed by atoms with van der Waals surface area (Å²) in [5.74, 6) is -0.370. The van der Waals surface area contributed by atoms with Crippen LogP contribution < -0.4 is 5.32 Å².